The number of fused-ring (bicyclic) bond motifs is 3. The van der Waals surface area contributed by atoms with Crippen LogP contribution in [-0.4, -0.2) is 18.2 Å². The monoisotopic (exact) mass is 371 g/mol. The Morgan fingerprint density at radius 3 is 2.18 bits per heavy atom. The van der Waals surface area contributed by atoms with Crippen LogP contribution in [0.25, 0.3) is 11.1 Å². The molecule has 2 aromatic rings. The maximum absolute atomic E-state index is 12.6. The Morgan fingerprint density at radius 1 is 1.04 bits per heavy atom. The third-order valence-corrected chi connectivity index (χ3v) is 6.98. The van der Waals surface area contributed by atoms with Crippen LogP contribution in [0.5, 0.6) is 0 Å². The second-order valence-corrected chi connectivity index (χ2v) is 8.74. The van der Waals surface area contributed by atoms with Crippen LogP contribution >= 0.6 is 0 Å². The molecule has 28 heavy (non-hydrogen) atoms. The van der Waals surface area contributed by atoms with Crippen molar-refractivity contribution in [3.8, 4) is 23.5 Å². The highest BCUT2D eigenvalue weighted by molar-refractivity contribution is 5.79. The van der Waals surface area contributed by atoms with Crippen molar-refractivity contribution < 1.29 is 9.53 Å². The minimum absolute atomic E-state index is 0.0718. The van der Waals surface area contributed by atoms with Gasteiger partial charge in [0.05, 0.1) is 0 Å². The van der Waals surface area contributed by atoms with Gasteiger partial charge in [-0.15, -0.1) is 6.42 Å². The fourth-order valence-electron chi connectivity index (χ4n) is 5.76. The topological polar surface area (TPSA) is 38.3 Å². The van der Waals surface area contributed by atoms with E-state index in [1.807, 2.05) is 12.1 Å². The lowest BCUT2D eigenvalue weighted by Crippen LogP contribution is -2.60. The highest BCUT2D eigenvalue weighted by atomic mass is 16.5. The van der Waals surface area contributed by atoms with Gasteiger partial charge in [-0.1, -0.05) is 67.3 Å². The summed E-state index contributed by atoms with van der Waals surface area (Å²) < 4.78 is 5.68. The van der Waals surface area contributed by atoms with Gasteiger partial charge in [-0.05, 0) is 53.4 Å². The van der Waals surface area contributed by atoms with Crippen LogP contribution in [0, 0.1) is 17.8 Å². The molecule has 1 amide bonds. The van der Waals surface area contributed by atoms with Crippen molar-refractivity contribution in [3.05, 3.63) is 59.7 Å². The van der Waals surface area contributed by atoms with E-state index in [0.29, 0.717) is 12.0 Å². The average molecular weight is 371 g/mol. The lowest BCUT2D eigenvalue weighted by atomic mass is 9.56. The fraction of sp³-hybridized carbons (Fsp3) is 0.400. The maximum atomic E-state index is 12.6. The lowest BCUT2D eigenvalue weighted by Gasteiger charge is -2.52. The molecule has 0 radical (unpaired) electrons. The molecule has 3 aliphatic rings. The number of carbonyl (C=O) groups excluding carboxylic acids is 1. The lowest BCUT2D eigenvalue weighted by molar-refractivity contribution is 0.0397. The number of hydrogen-bond acceptors (Lipinski definition) is 2. The van der Waals surface area contributed by atoms with Crippen molar-refractivity contribution in [2.45, 2.75) is 50.0 Å². The molecule has 1 N–H and O–H groups in total. The quantitative estimate of drug-likeness (QED) is 0.748. The SMILES string of the molecule is C#CC1(NC(=O)OCC2c3ccccc3-c3ccccc32)CC2(CCCC2)C1. The summed E-state index contributed by atoms with van der Waals surface area (Å²) in [7, 11) is 0. The Labute approximate surface area is 166 Å². The Kier molecular flexibility index (Phi) is 3.98. The maximum Gasteiger partial charge on any atom is 0.408 e. The van der Waals surface area contributed by atoms with Crippen LogP contribution in [0.2, 0.25) is 0 Å². The third-order valence-electron chi connectivity index (χ3n) is 6.98. The molecule has 0 atom stereocenters. The Morgan fingerprint density at radius 2 is 1.61 bits per heavy atom. The zero-order valence-electron chi connectivity index (χ0n) is 16.0. The number of ether oxygens (including phenoxy) is 1. The summed E-state index contributed by atoms with van der Waals surface area (Å²) >= 11 is 0. The normalized spacial score (nSPS) is 20.7. The smallest absolute Gasteiger partial charge is 0.408 e. The fourth-order valence-corrected chi connectivity index (χ4v) is 5.76. The van der Waals surface area contributed by atoms with Gasteiger partial charge >= 0.3 is 6.09 Å². The zero-order chi connectivity index (χ0) is 19.2. The molecule has 2 aromatic carbocycles. The molecule has 0 saturated heterocycles. The molecular formula is C25H25NO2. The highest BCUT2D eigenvalue weighted by Crippen LogP contribution is 2.57. The van der Waals surface area contributed by atoms with Crippen LogP contribution in [0.3, 0.4) is 0 Å². The molecule has 2 fully saturated rings. The van der Waals surface area contributed by atoms with Crippen molar-refractivity contribution in [2.75, 3.05) is 6.61 Å². The first-order valence-electron chi connectivity index (χ1n) is 10.2. The van der Waals surface area contributed by atoms with Gasteiger partial charge in [0.1, 0.15) is 12.1 Å². The van der Waals surface area contributed by atoms with Gasteiger partial charge in [0.25, 0.3) is 0 Å². The Balaban J connectivity index is 1.27. The molecule has 3 aliphatic carbocycles. The number of carbonyl (C=O) groups is 1. The summed E-state index contributed by atoms with van der Waals surface area (Å²) in [6, 6.07) is 16.7. The van der Waals surface area contributed by atoms with Gasteiger partial charge in [0.2, 0.25) is 0 Å². The van der Waals surface area contributed by atoms with E-state index in [1.54, 1.807) is 0 Å². The molecule has 0 aliphatic heterocycles. The van der Waals surface area contributed by atoms with Gasteiger partial charge in [0.15, 0.2) is 0 Å². The second kappa shape index (κ2) is 6.41. The predicted molar refractivity (Wildman–Crippen MR) is 110 cm³/mol. The number of terminal acetylenes is 1. The van der Waals surface area contributed by atoms with Crippen molar-refractivity contribution in [2.24, 2.45) is 5.41 Å². The molecule has 2 saturated carbocycles. The number of benzene rings is 2. The molecule has 0 heterocycles. The van der Waals surface area contributed by atoms with Crippen LogP contribution < -0.4 is 5.32 Å². The summed E-state index contributed by atoms with van der Waals surface area (Å²) in [6.45, 7) is 0.325. The summed E-state index contributed by atoms with van der Waals surface area (Å²) in [5.41, 5.74) is 4.74. The van der Waals surface area contributed by atoms with Gasteiger partial charge < -0.3 is 10.1 Å². The van der Waals surface area contributed by atoms with Crippen LogP contribution in [0.15, 0.2) is 48.5 Å². The minimum atomic E-state index is -0.521. The first kappa shape index (κ1) is 17.4. The molecule has 0 unspecified atom stereocenters. The van der Waals surface area contributed by atoms with E-state index >= 15 is 0 Å². The summed E-state index contributed by atoms with van der Waals surface area (Å²) in [4.78, 5) is 12.6. The van der Waals surface area contributed by atoms with Gasteiger partial charge in [-0.25, -0.2) is 4.79 Å². The van der Waals surface area contributed by atoms with Gasteiger partial charge in [0, 0.05) is 5.92 Å². The van der Waals surface area contributed by atoms with E-state index in [1.165, 1.54) is 47.9 Å². The van der Waals surface area contributed by atoms with E-state index < -0.39 is 11.6 Å². The largest absolute Gasteiger partial charge is 0.449 e. The van der Waals surface area contributed by atoms with Gasteiger partial charge in [-0.3, -0.25) is 0 Å². The Bertz CT molecular complexity index is 911. The second-order valence-electron chi connectivity index (χ2n) is 8.74. The Hall–Kier alpha value is -2.73. The standard InChI is InChI=1S/C25H25NO2/c1-2-25(16-24(17-25)13-7-8-14-24)26-23(27)28-15-22-20-11-5-3-9-18(20)19-10-4-6-12-21(19)22/h1,3-6,9-12,22H,7-8,13-17H2,(H,26,27). The van der Waals surface area contributed by atoms with Crippen LogP contribution in [0.1, 0.15) is 55.6 Å². The summed E-state index contributed by atoms with van der Waals surface area (Å²) in [5, 5.41) is 3.01. The van der Waals surface area contributed by atoms with E-state index in [9.17, 15) is 4.79 Å². The third kappa shape index (κ3) is 2.71. The molecule has 3 heteroatoms. The number of hydrogen-bond donors (Lipinski definition) is 1. The molecule has 0 aromatic heterocycles. The molecule has 1 spiro atoms. The first-order chi connectivity index (χ1) is 13.6. The number of amides is 1. The minimum Gasteiger partial charge on any atom is -0.449 e. The van der Waals surface area contributed by atoms with E-state index in [0.717, 1.165) is 12.8 Å². The first-order valence-corrected chi connectivity index (χ1v) is 10.2. The predicted octanol–water partition coefficient (Wildman–Crippen LogP) is 5.25. The van der Waals surface area contributed by atoms with Crippen molar-refractivity contribution in [1.82, 2.24) is 5.32 Å². The molecule has 3 nitrogen and oxygen atoms in total. The van der Waals surface area contributed by atoms with Gasteiger partial charge in [-0.2, -0.15) is 0 Å². The zero-order valence-corrected chi connectivity index (χ0v) is 16.0. The average Bonchev–Trinajstić information content (AvgIpc) is 3.29. The number of rotatable bonds is 3. The molecule has 0 bridgehead atoms. The van der Waals surface area contributed by atoms with Crippen molar-refractivity contribution >= 4 is 6.09 Å². The number of nitrogens with one attached hydrogen (secondary N) is 1. The summed E-state index contributed by atoms with van der Waals surface area (Å²) in [6.07, 6.45) is 12.2. The van der Waals surface area contributed by atoms with E-state index in [-0.39, 0.29) is 5.92 Å². The van der Waals surface area contributed by atoms with Crippen molar-refractivity contribution in [1.29, 1.82) is 0 Å². The highest BCUT2D eigenvalue weighted by Gasteiger charge is 2.55. The van der Waals surface area contributed by atoms with Crippen molar-refractivity contribution in [3.63, 3.8) is 0 Å². The van der Waals surface area contributed by atoms with Crippen LogP contribution in [0.4, 0.5) is 4.79 Å². The molecule has 142 valence electrons. The van der Waals surface area contributed by atoms with E-state index in [4.69, 9.17) is 11.2 Å². The molecular weight excluding hydrogens is 346 g/mol. The van der Waals surface area contributed by atoms with E-state index in [2.05, 4.69) is 47.6 Å². The molecule has 5 rings (SSSR count). The number of alkyl carbamates (subject to hydrolysis) is 1. The van der Waals surface area contributed by atoms with Crippen LogP contribution in [-0.2, 0) is 4.74 Å². The summed E-state index contributed by atoms with van der Waals surface area (Å²) in [5.74, 6) is 2.92.